The van der Waals surface area contributed by atoms with Gasteiger partial charge in [-0.2, -0.15) is 0 Å². The first-order chi connectivity index (χ1) is 7.13. The average Bonchev–Trinajstić information content (AvgIpc) is 2.20. The average molecular weight is 202 g/mol. The molecule has 1 aliphatic rings. The van der Waals surface area contributed by atoms with E-state index in [0.717, 1.165) is 16.9 Å². The van der Waals surface area contributed by atoms with Crippen molar-refractivity contribution in [2.24, 2.45) is 0 Å². The van der Waals surface area contributed by atoms with E-state index < -0.39 is 0 Å². The van der Waals surface area contributed by atoms with E-state index in [1.165, 1.54) is 5.56 Å². The van der Waals surface area contributed by atoms with Crippen molar-refractivity contribution in [1.82, 2.24) is 4.90 Å². The zero-order valence-corrected chi connectivity index (χ0v) is 9.00. The second kappa shape index (κ2) is 3.42. The van der Waals surface area contributed by atoms with Gasteiger partial charge in [-0.15, -0.1) is 0 Å². The number of carbonyl (C=O) groups is 1. The Labute approximate surface area is 89.4 Å². The molecule has 1 aromatic carbocycles. The number of aryl methyl sites for hydroxylation is 1. The van der Waals surface area contributed by atoms with E-state index >= 15 is 0 Å². The summed E-state index contributed by atoms with van der Waals surface area (Å²) in [5, 5.41) is 2.84. The highest BCUT2D eigenvalue weighted by atomic mass is 16.2. The van der Waals surface area contributed by atoms with Crippen LogP contribution >= 0.6 is 0 Å². The Kier molecular flexibility index (Phi) is 2.23. The van der Waals surface area contributed by atoms with Gasteiger partial charge in [0.2, 0.25) is 0 Å². The first-order valence-corrected chi connectivity index (χ1v) is 5.02. The van der Waals surface area contributed by atoms with Crippen molar-refractivity contribution in [3.05, 3.63) is 35.9 Å². The van der Waals surface area contributed by atoms with Crippen molar-refractivity contribution in [3.63, 3.8) is 0 Å². The lowest BCUT2D eigenvalue weighted by atomic mass is 10.0. The van der Waals surface area contributed by atoms with Crippen LogP contribution in [0, 0.1) is 6.92 Å². The smallest absolute Gasteiger partial charge is 0.307 e. The van der Waals surface area contributed by atoms with Gasteiger partial charge in [-0.25, -0.2) is 4.79 Å². The van der Waals surface area contributed by atoms with E-state index in [1.807, 2.05) is 32.0 Å². The van der Waals surface area contributed by atoms with Crippen molar-refractivity contribution in [3.8, 4) is 0 Å². The van der Waals surface area contributed by atoms with Gasteiger partial charge >= 0.3 is 6.03 Å². The number of rotatable bonds is 1. The van der Waals surface area contributed by atoms with Crippen LogP contribution in [0.4, 0.5) is 10.5 Å². The molecule has 78 valence electrons. The number of benzene rings is 1. The molecule has 0 saturated carbocycles. The van der Waals surface area contributed by atoms with Gasteiger partial charge in [0, 0.05) is 17.8 Å². The lowest BCUT2D eigenvalue weighted by molar-refractivity contribution is 0.232. The van der Waals surface area contributed by atoms with Gasteiger partial charge in [-0.1, -0.05) is 18.2 Å². The fraction of sp³-hybridized carbons (Fsp3) is 0.250. The molecule has 15 heavy (non-hydrogen) atoms. The molecule has 0 aromatic heterocycles. The molecular formula is C12H14N2O. The third-order valence-electron chi connectivity index (χ3n) is 2.61. The Morgan fingerprint density at radius 2 is 2.20 bits per heavy atom. The topological polar surface area (TPSA) is 32.3 Å². The number of hydrogen-bond donors (Lipinski definition) is 1. The number of hydrogen-bond acceptors (Lipinski definition) is 1. The molecule has 0 bridgehead atoms. The Hall–Kier alpha value is -1.77. The van der Waals surface area contributed by atoms with Crippen LogP contribution in [0.25, 0.3) is 5.70 Å². The first kappa shape index (κ1) is 9.77. The predicted molar refractivity (Wildman–Crippen MR) is 61.6 cm³/mol. The number of nitrogens with zero attached hydrogens (tertiary/aromatic N) is 1. The Morgan fingerprint density at radius 1 is 1.47 bits per heavy atom. The summed E-state index contributed by atoms with van der Waals surface area (Å²) < 4.78 is 0. The number of amides is 2. The van der Waals surface area contributed by atoms with Gasteiger partial charge in [0.15, 0.2) is 0 Å². The SMILES string of the molecule is C=C1c2cc(C)ccc2NC(=O)N1CC. The summed E-state index contributed by atoms with van der Waals surface area (Å²) in [5.74, 6) is 0. The van der Waals surface area contributed by atoms with Gasteiger partial charge in [0.05, 0.1) is 5.69 Å². The molecule has 1 aromatic rings. The third-order valence-corrected chi connectivity index (χ3v) is 2.61. The molecule has 0 aliphatic carbocycles. The molecule has 0 saturated heterocycles. The lowest BCUT2D eigenvalue weighted by Crippen LogP contribution is -2.37. The maximum atomic E-state index is 11.6. The van der Waals surface area contributed by atoms with Crippen molar-refractivity contribution in [1.29, 1.82) is 0 Å². The van der Waals surface area contributed by atoms with Gasteiger partial charge in [-0.05, 0) is 26.0 Å². The van der Waals surface area contributed by atoms with Crippen LogP contribution in [0.2, 0.25) is 0 Å². The summed E-state index contributed by atoms with van der Waals surface area (Å²) in [6, 6.07) is 5.84. The van der Waals surface area contributed by atoms with Crippen molar-refractivity contribution in [2.45, 2.75) is 13.8 Å². The van der Waals surface area contributed by atoms with Crippen LogP contribution in [0.1, 0.15) is 18.1 Å². The number of nitrogens with one attached hydrogen (secondary N) is 1. The van der Waals surface area contributed by atoms with Crippen molar-refractivity contribution in [2.75, 3.05) is 11.9 Å². The van der Waals surface area contributed by atoms with Crippen LogP contribution in [-0.4, -0.2) is 17.5 Å². The molecule has 0 atom stereocenters. The van der Waals surface area contributed by atoms with Crippen molar-refractivity contribution >= 4 is 17.4 Å². The van der Waals surface area contributed by atoms with E-state index in [1.54, 1.807) is 4.90 Å². The van der Waals surface area contributed by atoms with Crippen LogP contribution < -0.4 is 5.32 Å². The van der Waals surface area contributed by atoms with Gasteiger partial charge < -0.3 is 5.32 Å². The van der Waals surface area contributed by atoms with Gasteiger partial charge in [0.25, 0.3) is 0 Å². The second-order valence-corrected chi connectivity index (χ2v) is 3.67. The highest BCUT2D eigenvalue weighted by molar-refractivity contribution is 6.02. The lowest BCUT2D eigenvalue weighted by Gasteiger charge is -2.30. The Bertz CT molecular complexity index is 437. The highest BCUT2D eigenvalue weighted by Crippen LogP contribution is 2.31. The summed E-state index contributed by atoms with van der Waals surface area (Å²) >= 11 is 0. The quantitative estimate of drug-likeness (QED) is 0.746. The highest BCUT2D eigenvalue weighted by Gasteiger charge is 2.24. The monoisotopic (exact) mass is 202 g/mol. The zero-order valence-electron chi connectivity index (χ0n) is 9.00. The summed E-state index contributed by atoms with van der Waals surface area (Å²) in [6.07, 6.45) is 0. The molecule has 1 aliphatic heterocycles. The number of anilines is 1. The molecule has 0 spiro atoms. The van der Waals surface area contributed by atoms with Crippen molar-refractivity contribution < 1.29 is 4.79 Å². The Morgan fingerprint density at radius 3 is 2.87 bits per heavy atom. The van der Waals surface area contributed by atoms with E-state index in [9.17, 15) is 4.79 Å². The summed E-state index contributed by atoms with van der Waals surface area (Å²) in [4.78, 5) is 13.3. The fourth-order valence-corrected chi connectivity index (χ4v) is 1.79. The van der Waals surface area contributed by atoms with Crippen LogP contribution in [-0.2, 0) is 0 Å². The van der Waals surface area contributed by atoms with Gasteiger partial charge in [0.1, 0.15) is 0 Å². The zero-order chi connectivity index (χ0) is 11.0. The second-order valence-electron chi connectivity index (χ2n) is 3.67. The molecule has 0 radical (unpaired) electrons. The summed E-state index contributed by atoms with van der Waals surface area (Å²) in [7, 11) is 0. The molecule has 1 heterocycles. The van der Waals surface area contributed by atoms with Crippen LogP contribution in [0.5, 0.6) is 0 Å². The molecule has 0 fully saturated rings. The minimum Gasteiger partial charge on any atom is -0.307 e. The molecular weight excluding hydrogens is 188 g/mol. The minimum absolute atomic E-state index is 0.0983. The predicted octanol–water partition coefficient (Wildman–Crippen LogP) is 2.83. The molecule has 1 N–H and O–H groups in total. The first-order valence-electron chi connectivity index (χ1n) is 5.02. The maximum absolute atomic E-state index is 11.6. The fourth-order valence-electron chi connectivity index (χ4n) is 1.79. The maximum Gasteiger partial charge on any atom is 0.326 e. The van der Waals surface area contributed by atoms with E-state index in [0.29, 0.717) is 6.54 Å². The van der Waals surface area contributed by atoms with E-state index in [2.05, 4.69) is 11.9 Å². The molecule has 2 amide bonds. The number of fused-ring (bicyclic) bond motifs is 1. The van der Waals surface area contributed by atoms with Crippen LogP contribution in [0.15, 0.2) is 24.8 Å². The third kappa shape index (κ3) is 1.50. The molecule has 0 unspecified atom stereocenters. The largest absolute Gasteiger partial charge is 0.326 e. The number of urea groups is 1. The molecule has 2 rings (SSSR count). The molecule has 3 heteroatoms. The number of carbonyl (C=O) groups excluding carboxylic acids is 1. The summed E-state index contributed by atoms with van der Waals surface area (Å²) in [6.45, 7) is 8.57. The van der Waals surface area contributed by atoms with E-state index in [-0.39, 0.29) is 6.03 Å². The van der Waals surface area contributed by atoms with Gasteiger partial charge in [-0.3, -0.25) is 4.90 Å². The minimum atomic E-state index is -0.0983. The summed E-state index contributed by atoms with van der Waals surface area (Å²) in [5.41, 5.74) is 3.80. The Balaban J connectivity index is 2.51. The standard InChI is InChI=1S/C12H14N2O/c1-4-14-9(3)10-7-8(2)5-6-11(10)13-12(14)15/h5-7H,3-4H2,1-2H3,(H,13,15). The normalized spacial score (nSPS) is 14.9. The van der Waals surface area contributed by atoms with E-state index in [4.69, 9.17) is 0 Å². The van der Waals surface area contributed by atoms with Crippen LogP contribution in [0.3, 0.4) is 0 Å². The molecule has 3 nitrogen and oxygen atoms in total.